The van der Waals surface area contributed by atoms with Crippen molar-refractivity contribution in [2.75, 3.05) is 11.9 Å². The van der Waals surface area contributed by atoms with Crippen molar-refractivity contribution in [2.24, 2.45) is 5.73 Å². The van der Waals surface area contributed by atoms with E-state index in [0.717, 1.165) is 23.0 Å². The van der Waals surface area contributed by atoms with Crippen LogP contribution in [0.2, 0.25) is 0 Å². The summed E-state index contributed by atoms with van der Waals surface area (Å²) in [4.78, 5) is 0. The summed E-state index contributed by atoms with van der Waals surface area (Å²) >= 11 is 3.39. The highest BCUT2D eigenvalue weighted by Gasteiger charge is 2.19. The van der Waals surface area contributed by atoms with Gasteiger partial charge in [-0.2, -0.15) is 5.26 Å². The summed E-state index contributed by atoms with van der Waals surface area (Å²) in [6.07, 6.45) is 1.85. The average Bonchev–Trinajstić information content (AvgIpc) is 2.35. The van der Waals surface area contributed by atoms with Gasteiger partial charge < -0.3 is 11.1 Å². The van der Waals surface area contributed by atoms with Crippen LogP contribution in [0, 0.1) is 11.3 Å². The highest BCUT2D eigenvalue weighted by Crippen LogP contribution is 2.20. The number of nitrogens with two attached hydrogens (primary N) is 1. The number of benzene rings is 1. The van der Waals surface area contributed by atoms with E-state index in [2.05, 4.69) is 41.2 Å². The van der Waals surface area contributed by atoms with Crippen LogP contribution in [-0.2, 0) is 0 Å². The first-order valence-corrected chi connectivity index (χ1v) is 6.55. The van der Waals surface area contributed by atoms with Gasteiger partial charge in [0.05, 0.1) is 11.6 Å². The van der Waals surface area contributed by atoms with Crippen LogP contribution in [0.5, 0.6) is 0 Å². The zero-order chi connectivity index (χ0) is 12.9. The molecule has 0 saturated heterocycles. The molecule has 0 spiro atoms. The standard InChI is InChI=1S/C13H18BrN3/c1-3-13(16,4-2)9-17-12-6-10(8-15)5-11(14)7-12/h5-7,17H,3-4,9,16H2,1-2H3. The first-order valence-electron chi connectivity index (χ1n) is 5.76. The number of nitrogens with one attached hydrogen (secondary N) is 1. The summed E-state index contributed by atoms with van der Waals surface area (Å²) in [5.41, 5.74) is 7.59. The summed E-state index contributed by atoms with van der Waals surface area (Å²) in [7, 11) is 0. The maximum atomic E-state index is 8.88. The van der Waals surface area contributed by atoms with Gasteiger partial charge in [-0.25, -0.2) is 0 Å². The lowest BCUT2D eigenvalue weighted by Gasteiger charge is -2.27. The quantitative estimate of drug-likeness (QED) is 0.876. The van der Waals surface area contributed by atoms with Crippen molar-refractivity contribution in [3.63, 3.8) is 0 Å². The Labute approximate surface area is 111 Å². The molecule has 3 nitrogen and oxygen atoms in total. The van der Waals surface area contributed by atoms with Gasteiger partial charge in [0.2, 0.25) is 0 Å². The van der Waals surface area contributed by atoms with Gasteiger partial charge in [0.15, 0.2) is 0 Å². The van der Waals surface area contributed by atoms with Crippen molar-refractivity contribution in [3.8, 4) is 6.07 Å². The number of hydrogen-bond donors (Lipinski definition) is 2. The number of nitriles is 1. The molecule has 0 aliphatic carbocycles. The van der Waals surface area contributed by atoms with Gasteiger partial charge in [0, 0.05) is 22.2 Å². The molecule has 1 rings (SSSR count). The van der Waals surface area contributed by atoms with Crippen LogP contribution in [0.15, 0.2) is 22.7 Å². The molecule has 0 aliphatic rings. The third kappa shape index (κ3) is 4.03. The molecule has 0 unspecified atom stereocenters. The van der Waals surface area contributed by atoms with Gasteiger partial charge in [0.1, 0.15) is 0 Å². The van der Waals surface area contributed by atoms with E-state index >= 15 is 0 Å². The largest absolute Gasteiger partial charge is 0.383 e. The topological polar surface area (TPSA) is 61.8 Å². The van der Waals surface area contributed by atoms with E-state index in [-0.39, 0.29) is 5.54 Å². The Morgan fingerprint density at radius 3 is 2.53 bits per heavy atom. The molecule has 4 heteroatoms. The molecule has 0 fully saturated rings. The number of anilines is 1. The smallest absolute Gasteiger partial charge is 0.0992 e. The Morgan fingerprint density at radius 2 is 2.00 bits per heavy atom. The van der Waals surface area contributed by atoms with E-state index in [1.54, 1.807) is 6.07 Å². The van der Waals surface area contributed by atoms with Crippen LogP contribution in [-0.4, -0.2) is 12.1 Å². The maximum Gasteiger partial charge on any atom is 0.0992 e. The second kappa shape index (κ2) is 6.04. The Hall–Kier alpha value is -1.05. The molecule has 0 heterocycles. The SMILES string of the molecule is CCC(N)(CC)CNc1cc(Br)cc(C#N)c1. The maximum absolute atomic E-state index is 8.88. The molecule has 17 heavy (non-hydrogen) atoms. The van der Waals surface area contributed by atoms with E-state index in [0.29, 0.717) is 12.1 Å². The molecule has 0 saturated carbocycles. The second-order valence-electron chi connectivity index (χ2n) is 4.26. The Balaban J connectivity index is 2.76. The molecule has 0 atom stereocenters. The van der Waals surface area contributed by atoms with Crippen molar-refractivity contribution in [3.05, 3.63) is 28.2 Å². The van der Waals surface area contributed by atoms with Crippen LogP contribution in [0.25, 0.3) is 0 Å². The van der Waals surface area contributed by atoms with Crippen LogP contribution in [0.3, 0.4) is 0 Å². The number of halogens is 1. The van der Waals surface area contributed by atoms with Crippen molar-refractivity contribution in [1.82, 2.24) is 0 Å². The monoisotopic (exact) mass is 295 g/mol. The number of hydrogen-bond acceptors (Lipinski definition) is 3. The van der Waals surface area contributed by atoms with Crippen molar-refractivity contribution in [1.29, 1.82) is 5.26 Å². The van der Waals surface area contributed by atoms with E-state index < -0.39 is 0 Å². The lowest BCUT2D eigenvalue weighted by Crippen LogP contribution is -2.45. The highest BCUT2D eigenvalue weighted by molar-refractivity contribution is 9.10. The minimum absolute atomic E-state index is 0.185. The number of nitrogens with zero attached hydrogens (tertiary/aromatic N) is 1. The minimum atomic E-state index is -0.185. The molecular weight excluding hydrogens is 278 g/mol. The Morgan fingerprint density at radius 1 is 1.35 bits per heavy atom. The molecule has 0 aliphatic heterocycles. The summed E-state index contributed by atoms with van der Waals surface area (Å²) in [6.45, 7) is 4.89. The summed E-state index contributed by atoms with van der Waals surface area (Å²) in [5, 5.41) is 12.2. The third-order valence-corrected chi connectivity index (χ3v) is 3.54. The van der Waals surface area contributed by atoms with Crippen LogP contribution < -0.4 is 11.1 Å². The highest BCUT2D eigenvalue weighted by atomic mass is 79.9. The normalized spacial score (nSPS) is 11.0. The lowest BCUT2D eigenvalue weighted by molar-refractivity contribution is 0.418. The van der Waals surface area contributed by atoms with E-state index in [4.69, 9.17) is 11.0 Å². The van der Waals surface area contributed by atoms with Gasteiger partial charge in [0.25, 0.3) is 0 Å². The van der Waals surface area contributed by atoms with Gasteiger partial charge in [-0.1, -0.05) is 29.8 Å². The molecule has 0 radical (unpaired) electrons. The molecule has 3 N–H and O–H groups in total. The third-order valence-electron chi connectivity index (χ3n) is 3.08. The van der Waals surface area contributed by atoms with E-state index in [9.17, 15) is 0 Å². The fraction of sp³-hybridized carbons (Fsp3) is 0.462. The number of rotatable bonds is 5. The minimum Gasteiger partial charge on any atom is -0.383 e. The van der Waals surface area contributed by atoms with Crippen molar-refractivity contribution in [2.45, 2.75) is 32.2 Å². The fourth-order valence-electron chi connectivity index (χ4n) is 1.53. The summed E-state index contributed by atoms with van der Waals surface area (Å²) in [6, 6.07) is 7.71. The van der Waals surface area contributed by atoms with Crippen LogP contribution in [0.1, 0.15) is 32.3 Å². The molecule has 92 valence electrons. The zero-order valence-corrected chi connectivity index (χ0v) is 11.8. The van der Waals surface area contributed by atoms with E-state index in [1.165, 1.54) is 0 Å². The molecule has 1 aromatic rings. The lowest BCUT2D eigenvalue weighted by atomic mass is 9.94. The molecular formula is C13H18BrN3. The Kier molecular flexibility index (Phi) is 4.98. The molecule has 0 aromatic heterocycles. The van der Waals surface area contributed by atoms with Gasteiger partial charge in [-0.3, -0.25) is 0 Å². The predicted octanol–water partition coefficient (Wildman–Crippen LogP) is 3.25. The van der Waals surface area contributed by atoms with Gasteiger partial charge >= 0.3 is 0 Å². The van der Waals surface area contributed by atoms with Crippen molar-refractivity contribution < 1.29 is 0 Å². The van der Waals surface area contributed by atoms with Gasteiger partial charge in [-0.05, 0) is 31.0 Å². The predicted molar refractivity (Wildman–Crippen MR) is 74.8 cm³/mol. The molecule has 1 aromatic carbocycles. The van der Waals surface area contributed by atoms with Gasteiger partial charge in [-0.15, -0.1) is 0 Å². The zero-order valence-electron chi connectivity index (χ0n) is 10.3. The Bertz CT molecular complexity index is 419. The summed E-state index contributed by atoms with van der Waals surface area (Å²) < 4.78 is 0.898. The first kappa shape index (κ1) is 14.0. The first-order chi connectivity index (χ1) is 8.03. The average molecular weight is 296 g/mol. The fourth-order valence-corrected chi connectivity index (χ4v) is 2.03. The van der Waals surface area contributed by atoms with Crippen molar-refractivity contribution >= 4 is 21.6 Å². The van der Waals surface area contributed by atoms with Crippen LogP contribution >= 0.6 is 15.9 Å². The van der Waals surface area contributed by atoms with E-state index in [1.807, 2.05) is 12.1 Å². The van der Waals surface area contributed by atoms with Crippen LogP contribution in [0.4, 0.5) is 5.69 Å². The summed E-state index contributed by atoms with van der Waals surface area (Å²) in [5.74, 6) is 0. The molecule has 0 amide bonds. The second-order valence-corrected chi connectivity index (χ2v) is 5.18. The molecule has 0 bridgehead atoms.